The number of rotatable bonds is 5. The molecule has 6 aromatic carbocycles. The van der Waals surface area contributed by atoms with E-state index in [1.165, 1.54) is 0 Å². The Kier molecular flexibility index (Phi) is 6.04. The van der Waals surface area contributed by atoms with Gasteiger partial charge in [-0.3, -0.25) is 13.5 Å². The minimum absolute atomic E-state index is 0.610. The van der Waals surface area contributed by atoms with Crippen LogP contribution in [0.1, 0.15) is 0 Å². The topological polar surface area (TPSA) is 65.8 Å². The molecule has 7 heteroatoms. The minimum Gasteiger partial charge on any atom is -0.292 e. The zero-order valence-electron chi connectivity index (χ0n) is 26.2. The fraction of sp³-hybridized carbons (Fsp3) is 0. The quantitative estimate of drug-likeness (QED) is 0.190. The zero-order chi connectivity index (χ0) is 32.3. The number of hydrogen-bond acceptors (Lipinski definition) is 4. The number of aromatic nitrogens is 7. The summed E-state index contributed by atoms with van der Waals surface area (Å²) in [5.74, 6) is 2.71. The minimum atomic E-state index is 0.610. The van der Waals surface area contributed by atoms with Crippen molar-refractivity contribution in [1.29, 1.82) is 0 Å². The average molecular weight is 630 g/mol. The summed E-state index contributed by atoms with van der Waals surface area (Å²) < 4.78 is 6.79. The lowest BCUT2D eigenvalue weighted by atomic mass is 10.1. The van der Waals surface area contributed by atoms with E-state index in [1.807, 2.05) is 72.8 Å². The van der Waals surface area contributed by atoms with Crippen molar-refractivity contribution in [2.24, 2.45) is 0 Å². The van der Waals surface area contributed by atoms with Crippen LogP contribution < -0.4 is 0 Å². The van der Waals surface area contributed by atoms with E-state index >= 15 is 0 Å². The van der Waals surface area contributed by atoms with Crippen LogP contribution in [0.5, 0.6) is 0 Å². The van der Waals surface area contributed by atoms with E-state index in [2.05, 4.69) is 105 Å². The summed E-state index contributed by atoms with van der Waals surface area (Å²) in [5.41, 5.74) is 10.0. The molecule has 4 aromatic heterocycles. The SMILES string of the molecule is c1ccc(-c2nc(-c3ccccc3)nc(-c3ccc4c(c3)n(-c3ccccc3)c3nc5c(c6ccccc6n5-c5ccccc5)n43)n2)cc1. The van der Waals surface area contributed by atoms with E-state index < -0.39 is 0 Å². The fourth-order valence-electron chi connectivity index (χ4n) is 6.90. The summed E-state index contributed by atoms with van der Waals surface area (Å²) in [6.45, 7) is 0. The van der Waals surface area contributed by atoms with Crippen LogP contribution in [-0.4, -0.2) is 33.5 Å². The van der Waals surface area contributed by atoms with Crippen molar-refractivity contribution in [1.82, 2.24) is 33.5 Å². The highest BCUT2D eigenvalue weighted by molar-refractivity contribution is 6.09. The van der Waals surface area contributed by atoms with E-state index in [-0.39, 0.29) is 0 Å². The smallest absolute Gasteiger partial charge is 0.222 e. The normalized spacial score (nSPS) is 11.7. The number of para-hydroxylation sites is 3. The largest absolute Gasteiger partial charge is 0.292 e. The van der Waals surface area contributed by atoms with E-state index in [1.54, 1.807) is 0 Å². The van der Waals surface area contributed by atoms with Gasteiger partial charge in [-0.2, -0.15) is 4.98 Å². The Balaban J connectivity index is 1.27. The lowest BCUT2D eigenvalue weighted by Crippen LogP contribution is -2.00. The lowest BCUT2D eigenvalue weighted by molar-refractivity contribution is 1.07. The van der Waals surface area contributed by atoms with Crippen LogP contribution in [0.25, 0.3) is 84.4 Å². The van der Waals surface area contributed by atoms with Crippen LogP contribution in [0.4, 0.5) is 0 Å². The molecule has 0 N–H and O–H groups in total. The van der Waals surface area contributed by atoms with E-state index in [9.17, 15) is 0 Å². The Morgan fingerprint density at radius 2 is 0.878 bits per heavy atom. The van der Waals surface area contributed by atoms with Crippen molar-refractivity contribution in [3.8, 4) is 45.5 Å². The van der Waals surface area contributed by atoms with Gasteiger partial charge in [-0.1, -0.05) is 115 Å². The van der Waals surface area contributed by atoms with Gasteiger partial charge in [0.05, 0.1) is 16.6 Å². The summed E-state index contributed by atoms with van der Waals surface area (Å²) in [6, 6.07) is 56.0. The van der Waals surface area contributed by atoms with Crippen LogP contribution in [0.2, 0.25) is 0 Å². The van der Waals surface area contributed by atoms with Crippen molar-refractivity contribution < 1.29 is 0 Å². The maximum absolute atomic E-state index is 5.40. The molecule has 7 nitrogen and oxygen atoms in total. The van der Waals surface area contributed by atoms with Gasteiger partial charge in [0.15, 0.2) is 23.1 Å². The molecule has 0 aliphatic carbocycles. The predicted octanol–water partition coefficient (Wildman–Crippen LogP) is 9.56. The van der Waals surface area contributed by atoms with Crippen molar-refractivity contribution in [2.75, 3.05) is 0 Å². The third kappa shape index (κ3) is 4.29. The van der Waals surface area contributed by atoms with Crippen molar-refractivity contribution in [3.05, 3.63) is 164 Å². The molecule has 0 aliphatic rings. The number of fused-ring (bicyclic) bond motifs is 7. The van der Waals surface area contributed by atoms with Gasteiger partial charge in [0.1, 0.15) is 5.52 Å². The molecule has 0 saturated heterocycles. The third-order valence-electron chi connectivity index (χ3n) is 9.10. The Labute approximate surface area is 281 Å². The molecule has 0 fully saturated rings. The molecule has 0 amide bonds. The zero-order valence-corrected chi connectivity index (χ0v) is 26.2. The molecular weight excluding hydrogens is 603 g/mol. The van der Waals surface area contributed by atoms with Gasteiger partial charge in [0, 0.05) is 33.5 Å². The fourth-order valence-corrected chi connectivity index (χ4v) is 6.90. The van der Waals surface area contributed by atoms with E-state index in [4.69, 9.17) is 19.9 Å². The molecule has 4 heterocycles. The van der Waals surface area contributed by atoms with Crippen LogP contribution in [-0.2, 0) is 0 Å². The maximum atomic E-state index is 5.40. The van der Waals surface area contributed by atoms with Crippen molar-refractivity contribution >= 4 is 38.9 Å². The first kappa shape index (κ1) is 27.3. The molecular formula is C42H27N7. The molecule has 0 saturated carbocycles. The maximum Gasteiger partial charge on any atom is 0.222 e. The molecule has 0 radical (unpaired) electrons. The van der Waals surface area contributed by atoms with Gasteiger partial charge in [0.2, 0.25) is 5.78 Å². The summed E-state index contributed by atoms with van der Waals surface area (Å²) in [7, 11) is 0. The summed E-state index contributed by atoms with van der Waals surface area (Å²) in [4.78, 5) is 20.3. The van der Waals surface area contributed by atoms with Crippen LogP contribution in [0, 0.1) is 0 Å². The monoisotopic (exact) mass is 629 g/mol. The Hall–Kier alpha value is -6.86. The first-order chi connectivity index (χ1) is 24.3. The number of hydrogen-bond donors (Lipinski definition) is 0. The molecule has 0 bridgehead atoms. The molecule has 10 aromatic rings. The Morgan fingerprint density at radius 3 is 1.49 bits per heavy atom. The van der Waals surface area contributed by atoms with Crippen LogP contribution in [0.3, 0.4) is 0 Å². The second kappa shape index (κ2) is 10.9. The highest BCUT2D eigenvalue weighted by Crippen LogP contribution is 2.37. The second-order valence-electron chi connectivity index (χ2n) is 12.0. The Bertz CT molecular complexity index is 2740. The molecule has 10 rings (SSSR count). The van der Waals surface area contributed by atoms with Gasteiger partial charge >= 0.3 is 0 Å². The molecule has 0 spiro atoms. The van der Waals surface area contributed by atoms with Gasteiger partial charge in [0.25, 0.3) is 0 Å². The summed E-state index contributed by atoms with van der Waals surface area (Å²) in [5, 5.41) is 1.14. The molecule has 0 unspecified atom stereocenters. The number of imidazole rings is 2. The van der Waals surface area contributed by atoms with Crippen molar-refractivity contribution in [2.45, 2.75) is 0 Å². The Morgan fingerprint density at radius 1 is 0.367 bits per heavy atom. The average Bonchev–Trinajstić information content (AvgIpc) is 3.81. The summed E-state index contributed by atoms with van der Waals surface area (Å²) >= 11 is 0. The first-order valence-corrected chi connectivity index (χ1v) is 16.3. The van der Waals surface area contributed by atoms with Gasteiger partial charge in [-0.15, -0.1) is 0 Å². The standard InChI is InChI=1S/C42H27N7/c1-5-15-28(16-6-1)38-43-39(29-17-7-2-8-18-29)45-40(44-38)30-25-26-35-36(27-30)48(32-21-11-4-12-22-32)42-46-41-37(49(35)42)33-23-13-14-24-34(33)47(41)31-19-9-3-10-20-31/h1-27H. The summed E-state index contributed by atoms with van der Waals surface area (Å²) in [6.07, 6.45) is 0. The third-order valence-corrected chi connectivity index (χ3v) is 9.10. The molecule has 0 aliphatic heterocycles. The molecule has 0 atom stereocenters. The first-order valence-electron chi connectivity index (χ1n) is 16.3. The second-order valence-corrected chi connectivity index (χ2v) is 12.0. The van der Waals surface area contributed by atoms with E-state index in [0.717, 1.165) is 66.9 Å². The van der Waals surface area contributed by atoms with Gasteiger partial charge < -0.3 is 0 Å². The predicted molar refractivity (Wildman–Crippen MR) is 196 cm³/mol. The highest BCUT2D eigenvalue weighted by Gasteiger charge is 2.24. The van der Waals surface area contributed by atoms with Crippen LogP contribution >= 0.6 is 0 Å². The van der Waals surface area contributed by atoms with Crippen molar-refractivity contribution in [3.63, 3.8) is 0 Å². The highest BCUT2D eigenvalue weighted by atomic mass is 15.2. The van der Waals surface area contributed by atoms with Crippen LogP contribution in [0.15, 0.2) is 164 Å². The number of nitrogens with zero attached hydrogens (tertiary/aromatic N) is 7. The number of benzene rings is 6. The molecule has 49 heavy (non-hydrogen) atoms. The van der Waals surface area contributed by atoms with E-state index in [0.29, 0.717) is 17.5 Å². The van der Waals surface area contributed by atoms with Gasteiger partial charge in [-0.05, 0) is 48.5 Å². The van der Waals surface area contributed by atoms with Gasteiger partial charge in [-0.25, -0.2) is 15.0 Å². The lowest BCUT2D eigenvalue weighted by Gasteiger charge is -2.09. The molecule has 230 valence electrons.